The standard InChI is InChI=1S/C9H4Cl2O2/c10-8(5-12)6-2-1-3-7(4-6)9(11)13/h1-4H. The zero-order valence-electron chi connectivity index (χ0n) is 6.38. The van der Waals surface area contributed by atoms with Gasteiger partial charge in [0.15, 0.2) is 0 Å². The molecule has 4 heteroatoms. The molecule has 0 aromatic heterocycles. The highest BCUT2D eigenvalue weighted by Gasteiger charge is 2.04. The highest BCUT2D eigenvalue weighted by molar-refractivity contribution is 6.67. The second kappa shape index (κ2) is 4.24. The molecule has 0 aliphatic heterocycles. The number of benzene rings is 1. The fourth-order valence-corrected chi connectivity index (χ4v) is 1.07. The second-order valence-electron chi connectivity index (χ2n) is 2.27. The fourth-order valence-electron chi connectivity index (χ4n) is 0.837. The Kier molecular flexibility index (Phi) is 3.26. The van der Waals surface area contributed by atoms with Crippen molar-refractivity contribution in [3.05, 3.63) is 35.4 Å². The molecule has 0 saturated heterocycles. The molecule has 0 N–H and O–H groups in total. The molecule has 0 saturated carbocycles. The van der Waals surface area contributed by atoms with Crippen LogP contribution in [0.4, 0.5) is 0 Å². The van der Waals surface area contributed by atoms with Crippen LogP contribution in [0, 0.1) is 0 Å². The number of halogens is 2. The molecule has 0 unspecified atom stereocenters. The van der Waals surface area contributed by atoms with Crippen LogP contribution in [0.2, 0.25) is 0 Å². The summed E-state index contributed by atoms with van der Waals surface area (Å²) in [5.74, 6) is 1.53. The Bertz CT molecular complexity index is 392. The van der Waals surface area contributed by atoms with Crippen molar-refractivity contribution >= 4 is 39.4 Å². The normalized spacial score (nSPS) is 9.08. The lowest BCUT2D eigenvalue weighted by molar-refractivity contribution is 0.108. The van der Waals surface area contributed by atoms with Gasteiger partial charge in [0, 0.05) is 11.1 Å². The number of hydrogen-bond donors (Lipinski definition) is 0. The van der Waals surface area contributed by atoms with E-state index in [1.807, 2.05) is 0 Å². The van der Waals surface area contributed by atoms with Crippen molar-refractivity contribution in [3.8, 4) is 0 Å². The van der Waals surface area contributed by atoms with Crippen molar-refractivity contribution in [2.75, 3.05) is 0 Å². The van der Waals surface area contributed by atoms with Crippen molar-refractivity contribution in [2.24, 2.45) is 0 Å². The highest BCUT2D eigenvalue weighted by atomic mass is 35.5. The Morgan fingerprint density at radius 2 is 1.85 bits per heavy atom. The van der Waals surface area contributed by atoms with Gasteiger partial charge in [0.2, 0.25) is 0 Å². The van der Waals surface area contributed by atoms with E-state index in [0.29, 0.717) is 11.1 Å². The molecule has 0 amide bonds. The van der Waals surface area contributed by atoms with Gasteiger partial charge in [0.1, 0.15) is 11.0 Å². The Morgan fingerprint density at radius 1 is 1.23 bits per heavy atom. The van der Waals surface area contributed by atoms with Crippen LogP contribution in [-0.4, -0.2) is 11.2 Å². The minimum atomic E-state index is -0.586. The molecule has 1 aromatic rings. The molecular weight excluding hydrogens is 211 g/mol. The molecule has 0 heterocycles. The highest BCUT2D eigenvalue weighted by Crippen LogP contribution is 2.17. The third-order valence-electron chi connectivity index (χ3n) is 1.43. The van der Waals surface area contributed by atoms with Crippen LogP contribution in [0.1, 0.15) is 15.9 Å². The molecular formula is C9H4Cl2O2. The molecule has 0 spiro atoms. The summed E-state index contributed by atoms with van der Waals surface area (Å²) in [6, 6.07) is 6.15. The van der Waals surface area contributed by atoms with E-state index in [9.17, 15) is 9.59 Å². The van der Waals surface area contributed by atoms with Crippen molar-refractivity contribution in [1.82, 2.24) is 0 Å². The first-order valence-electron chi connectivity index (χ1n) is 3.36. The van der Waals surface area contributed by atoms with Gasteiger partial charge in [-0.05, 0) is 17.7 Å². The van der Waals surface area contributed by atoms with Crippen LogP contribution in [0.15, 0.2) is 24.3 Å². The van der Waals surface area contributed by atoms with E-state index in [0.717, 1.165) is 0 Å². The molecule has 13 heavy (non-hydrogen) atoms. The summed E-state index contributed by atoms with van der Waals surface area (Å²) in [5.41, 5.74) is 0.732. The Morgan fingerprint density at radius 3 is 2.38 bits per heavy atom. The number of carbonyl (C=O) groups excluding carboxylic acids is 2. The first kappa shape index (κ1) is 10.0. The minimum absolute atomic E-state index is 0.0697. The summed E-state index contributed by atoms with van der Waals surface area (Å²) >= 11 is 10.7. The minimum Gasteiger partial charge on any atom is -0.276 e. The SMILES string of the molecule is O=C=C(Cl)c1cccc(C(=O)Cl)c1. The van der Waals surface area contributed by atoms with E-state index in [2.05, 4.69) is 0 Å². The molecule has 1 rings (SSSR count). The second-order valence-corrected chi connectivity index (χ2v) is 2.99. The monoisotopic (exact) mass is 214 g/mol. The van der Waals surface area contributed by atoms with E-state index in [4.69, 9.17) is 23.2 Å². The van der Waals surface area contributed by atoms with Gasteiger partial charge in [-0.2, -0.15) is 0 Å². The van der Waals surface area contributed by atoms with E-state index in [1.165, 1.54) is 18.1 Å². The molecule has 0 aliphatic carbocycles. The average Bonchev–Trinajstić information content (AvgIpc) is 2.17. The van der Waals surface area contributed by atoms with Crippen LogP contribution in [-0.2, 0) is 4.79 Å². The maximum atomic E-state index is 10.7. The molecule has 1 aromatic carbocycles. The zero-order chi connectivity index (χ0) is 9.84. The molecule has 0 radical (unpaired) electrons. The van der Waals surface area contributed by atoms with Crippen molar-refractivity contribution < 1.29 is 9.59 Å². The van der Waals surface area contributed by atoms with Gasteiger partial charge in [-0.15, -0.1) is 0 Å². The Balaban J connectivity index is 3.20. The van der Waals surface area contributed by atoms with Gasteiger partial charge in [-0.25, -0.2) is 4.79 Å². The maximum Gasteiger partial charge on any atom is 0.252 e. The van der Waals surface area contributed by atoms with Crippen LogP contribution < -0.4 is 0 Å². The molecule has 2 nitrogen and oxygen atoms in total. The largest absolute Gasteiger partial charge is 0.276 e. The quantitative estimate of drug-likeness (QED) is 0.560. The van der Waals surface area contributed by atoms with Crippen LogP contribution >= 0.6 is 23.2 Å². The predicted octanol–water partition coefficient (Wildman–Crippen LogP) is 2.48. The van der Waals surface area contributed by atoms with Crippen molar-refractivity contribution in [1.29, 1.82) is 0 Å². The number of carbonyl (C=O) groups is 1. The number of rotatable bonds is 2. The summed E-state index contributed by atoms with van der Waals surface area (Å²) in [6.45, 7) is 0. The Labute approximate surface area is 84.8 Å². The predicted molar refractivity (Wildman–Crippen MR) is 51.6 cm³/mol. The summed E-state index contributed by atoms with van der Waals surface area (Å²) in [7, 11) is 0. The lowest BCUT2D eigenvalue weighted by Gasteiger charge is -1.96. The van der Waals surface area contributed by atoms with E-state index >= 15 is 0 Å². The zero-order valence-corrected chi connectivity index (χ0v) is 7.89. The van der Waals surface area contributed by atoms with E-state index in [-0.39, 0.29) is 5.03 Å². The van der Waals surface area contributed by atoms with Crippen LogP contribution in [0.25, 0.3) is 5.03 Å². The molecule has 0 fully saturated rings. The van der Waals surface area contributed by atoms with E-state index < -0.39 is 5.24 Å². The summed E-state index contributed by atoms with van der Waals surface area (Å²) in [5, 5.41) is -0.656. The number of hydrogen-bond acceptors (Lipinski definition) is 2. The smallest absolute Gasteiger partial charge is 0.252 e. The van der Waals surface area contributed by atoms with Crippen molar-refractivity contribution in [2.45, 2.75) is 0 Å². The lowest BCUT2D eigenvalue weighted by atomic mass is 10.1. The van der Waals surface area contributed by atoms with Gasteiger partial charge in [0.25, 0.3) is 5.24 Å². The maximum absolute atomic E-state index is 10.7. The molecule has 0 aliphatic rings. The van der Waals surface area contributed by atoms with Crippen LogP contribution in [0.5, 0.6) is 0 Å². The van der Waals surface area contributed by atoms with Gasteiger partial charge >= 0.3 is 0 Å². The van der Waals surface area contributed by atoms with Gasteiger partial charge in [-0.1, -0.05) is 29.8 Å². The third-order valence-corrected chi connectivity index (χ3v) is 1.95. The topological polar surface area (TPSA) is 34.1 Å². The average molecular weight is 215 g/mol. The first-order chi connectivity index (χ1) is 6.15. The third kappa shape index (κ3) is 2.43. The van der Waals surface area contributed by atoms with Crippen molar-refractivity contribution in [3.63, 3.8) is 0 Å². The summed E-state index contributed by atoms with van der Waals surface area (Å²) in [4.78, 5) is 20.9. The van der Waals surface area contributed by atoms with E-state index in [1.54, 1.807) is 12.1 Å². The van der Waals surface area contributed by atoms with Gasteiger partial charge in [-0.3, -0.25) is 4.79 Å². The van der Waals surface area contributed by atoms with Gasteiger partial charge < -0.3 is 0 Å². The van der Waals surface area contributed by atoms with Gasteiger partial charge in [0.05, 0.1) is 0 Å². The summed E-state index contributed by atoms with van der Waals surface area (Å²) < 4.78 is 0. The summed E-state index contributed by atoms with van der Waals surface area (Å²) in [6.07, 6.45) is 0. The Hall–Kier alpha value is -1.08. The van der Waals surface area contributed by atoms with Crippen LogP contribution in [0.3, 0.4) is 0 Å². The molecule has 66 valence electrons. The molecule has 0 atom stereocenters. The lowest BCUT2D eigenvalue weighted by Crippen LogP contribution is -1.89. The molecule has 0 bridgehead atoms. The first-order valence-corrected chi connectivity index (χ1v) is 4.11. The fraction of sp³-hybridized carbons (Fsp3) is 0.